The van der Waals surface area contributed by atoms with E-state index in [0.29, 0.717) is 0 Å². The largest absolute Gasteiger partial charge is 0.331 e. The second kappa shape index (κ2) is 4.04. The van der Waals surface area contributed by atoms with Crippen molar-refractivity contribution in [1.82, 2.24) is 0 Å². The smallest absolute Gasteiger partial charge is 0.261 e. The van der Waals surface area contributed by atoms with Crippen molar-refractivity contribution < 1.29 is 4.42 Å². The summed E-state index contributed by atoms with van der Waals surface area (Å²) >= 11 is 1.80. The Morgan fingerprint density at radius 2 is 1.84 bits per heavy atom. The van der Waals surface area contributed by atoms with Gasteiger partial charge in [-0.1, -0.05) is 24.3 Å². The molecule has 1 aromatic heterocycles. The van der Waals surface area contributed by atoms with Crippen LogP contribution >= 0.6 is 11.3 Å². The van der Waals surface area contributed by atoms with Crippen molar-refractivity contribution >= 4 is 27.2 Å². The molecule has 1 nitrogen and oxygen atoms in total. The van der Waals surface area contributed by atoms with Gasteiger partial charge < -0.3 is 0 Å². The van der Waals surface area contributed by atoms with Crippen molar-refractivity contribution in [3.05, 3.63) is 59.0 Å². The molecule has 2 aromatic carbocycles. The van der Waals surface area contributed by atoms with Gasteiger partial charge in [0.15, 0.2) is 0 Å². The highest BCUT2D eigenvalue weighted by Gasteiger charge is 2.28. The molecule has 4 rings (SSSR count). The zero-order chi connectivity index (χ0) is 12.8. The Hall–Kier alpha value is -1.93. The van der Waals surface area contributed by atoms with Gasteiger partial charge in [-0.25, -0.2) is 0 Å². The molecule has 0 amide bonds. The van der Waals surface area contributed by atoms with E-state index in [1.807, 2.05) is 0 Å². The molecule has 19 heavy (non-hydrogen) atoms. The maximum absolute atomic E-state index is 5.59. The number of benzene rings is 2. The fraction of sp³-hybridized carbons (Fsp3) is 0.118. The first-order chi connectivity index (χ1) is 9.38. The first-order valence-electron chi connectivity index (χ1n) is 6.37. The summed E-state index contributed by atoms with van der Waals surface area (Å²) in [6, 6.07) is 15.2. The van der Waals surface area contributed by atoms with E-state index >= 15 is 0 Å². The Morgan fingerprint density at radius 1 is 1.00 bits per heavy atom. The quantitative estimate of drug-likeness (QED) is 0.531. The first kappa shape index (κ1) is 10.9. The van der Waals surface area contributed by atoms with Gasteiger partial charge in [0.1, 0.15) is 0 Å². The van der Waals surface area contributed by atoms with Gasteiger partial charge in [-0.3, -0.25) is 4.42 Å². The first-order valence-corrected chi connectivity index (χ1v) is 7.25. The highest BCUT2D eigenvalue weighted by Crippen LogP contribution is 2.40. The zero-order valence-electron chi connectivity index (χ0n) is 10.6. The third-order valence-electron chi connectivity index (χ3n) is 3.82. The van der Waals surface area contributed by atoms with Crippen molar-refractivity contribution in [3.63, 3.8) is 0 Å². The van der Waals surface area contributed by atoms with E-state index in [4.69, 9.17) is 4.42 Å². The van der Waals surface area contributed by atoms with Gasteiger partial charge in [0.05, 0.1) is 12.0 Å². The fourth-order valence-electron chi connectivity index (χ4n) is 2.95. The van der Waals surface area contributed by atoms with Crippen LogP contribution in [0.25, 0.3) is 21.2 Å². The predicted molar refractivity (Wildman–Crippen MR) is 81.2 cm³/mol. The van der Waals surface area contributed by atoms with Gasteiger partial charge in [0.25, 0.3) is 7.11 Å². The minimum atomic E-state index is 0.884. The monoisotopic (exact) mass is 265 g/mol. The Labute approximate surface area is 115 Å². The molecule has 2 heteroatoms. The van der Waals surface area contributed by atoms with Crippen LogP contribution in [0.4, 0.5) is 0 Å². The summed E-state index contributed by atoms with van der Waals surface area (Å²) in [5.74, 6) is 1.07. The molecule has 1 aliphatic rings. The van der Waals surface area contributed by atoms with Gasteiger partial charge >= 0.3 is 5.78 Å². The van der Waals surface area contributed by atoms with Crippen molar-refractivity contribution in [2.24, 2.45) is 0 Å². The van der Waals surface area contributed by atoms with E-state index in [1.54, 1.807) is 18.4 Å². The number of hydrogen-bond acceptors (Lipinski definition) is 1. The summed E-state index contributed by atoms with van der Waals surface area (Å²) in [7, 11) is 1.76. The molecule has 0 fully saturated rings. The summed E-state index contributed by atoms with van der Waals surface area (Å²) in [6.07, 6.45) is 0.884. The number of hydrogen-bond donors (Lipinski definition) is 0. The molecule has 1 heterocycles. The number of carbonyl (C=O) groups excluding carboxylic acids is 1. The third kappa shape index (κ3) is 1.50. The predicted octanol–water partition coefficient (Wildman–Crippen LogP) is 4.47. The number of ketones is 1. The van der Waals surface area contributed by atoms with Crippen LogP contribution in [-0.2, 0) is 6.42 Å². The standard InChI is InChI=1S/C17H13OS/c1-18-15-10-11-6-7-16-14(8-9-19-16)17(11)13-5-3-2-4-12(13)15/h2-9H,10H2,1H3/q+1. The lowest BCUT2D eigenvalue weighted by atomic mass is 9.83. The van der Waals surface area contributed by atoms with Gasteiger partial charge in [0.2, 0.25) is 0 Å². The highest BCUT2D eigenvalue weighted by atomic mass is 32.1. The van der Waals surface area contributed by atoms with Gasteiger partial charge in [-0.2, -0.15) is 0 Å². The van der Waals surface area contributed by atoms with E-state index in [-0.39, 0.29) is 0 Å². The van der Waals surface area contributed by atoms with E-state index in [9.17, 15) is 0 Å². The minimum Gasteiger partial charge on any atom is -0.261 e. The van der Waals surface area contributed by atoms with Gasteiger partial charge in [0, 0.05) is 10.1 Å². The summed E-state index contributed by atoms with van der Waals surface area (Å²) < 4.78 is 6.94. The Bertz CT molecular complexity index is 811. The normalized spacial score (nSPS) is 15.5. The summed E-state index contributed by atoms with van der Waals surface area (Å²) in [4.78, 5) is 0. The average molecular weight is 265 g/mol. The van der Waals surface area contributed by atoms with Crippen LogP contribution in [0.1, 0.15) is 15.6 Å². The summed E-state index contributed by atoms with van der Waals surface area (Å²) in [6.45, 7) is 0. The number of fused-ring (bicyclic) bond motifs is 5. The van der Waals surface area contributed by atoms with Crippen LogP contribution in [0, 0.1) is 0 Å². The van der Waals surface area contributed by atoms with Crippen molar-refractivity contribution in [1.29, 1.82) is 0 Å². The van der Waals surface area contributed by atoms with E-state index in [1.165, 1.54) is 32.3 Å². The van der Waals surface area contributed by atoms with Gasteiger partial charge in [-0.15, -0.1) is 11.3 Å². The SMILES string of the molecule is C[O+]=C1Cc2ccc3sccc3c2-c2ccccc21. The van der Waals surface area contributed by atoms with Crippen molar-refractivity contribution in [3.8, 4) is 11.1 Å². The molecule has 1 aliphatic carbocycles. The third-order valence-corrected chi connectivity index (χ3v) is 4.70. The number of thiophene rings is 1. The molecule has 3 aromatic rings. The van der Waals surface area contributed by atoms with Crippen LogP contribution in [-0.4, -0.2) is 12.9 Å². The van der Waals surface area contributed by atoms with E-state index in [2.05, 4.69) is 47.8 Å². The molecular weight excluding hydrogens is 252 g/mol. The second-order valence-electron chi connectivity index (χ2n) is 4.78. The lowest BCUT2D eigenvalue weighted by Crippen LogP contribution is -2.13. The van der Waals surface area contributed by atoms with E-state index in [0.717, 1.165) is 12.2 Å². The zero-order valence-corrected chi connectivity index (χ0v) is 11.5. The van der Waals surface area contributed by atoms with Gasteiger partial charge in [-0.05, 0) is 40.3 Å². The molecule has 92 valence electrons. The maximum atomic E-state index is 5.59. The van der Waals surface area contributed by atoms with Crippen LogP contribution in [0.5, 0.6) is 0 Å². The van der Waals surface area contributed by atoms with Crippen molar-refractivity contribution in [2.75, 3.05) is 7.11 Å². The second-order valence-corrected chi connectivity index (χ2v) is 5.73. The lowest BCUT2D eigenvalue weighted by Gasteiger charge is -2.17. The molecule has 0 atom stereocenters. The fourth-order valence-corrected chi connectivity index (χ4v) is 3.74. The molecule has 0 N–H and O–H groups in total. The molecule has 0 saturated heterocycles. The highest BCUT2D eigenvalue weighted by molar-refractivity contribution is 7.17. The lowest BCUT2D eigenvalue weighted by molar-refractivity contribution is -0.225. The van der Waals surface area contributed by atoms with Crippen LogP contribution in [0.3, 0.4) is 0 Å². The number of rotatable bonds is 0. The molecule has 0 aliphatic heterocycles. The topological polar surface area (TPSA) is 11.3 Å². The van der Waals surface area contributed by atoms with Crippen molar-refractivity contribution in [2.45, 2.75) is 6.42 Å². The summed E-state index contributed by atoms with van der Waals surface area (Å²) in [5, 5.41) is 3.54. The molecule has 0 bridgehead atoms. The minimum absolute atomic E-state index is 0.884. The molecule has 0 unspecified atom stereocenters. The molecule has 0 spiro atoms. The molecular formula is C17H13OS+. The Balaban J connectivity index is 2.15. The maximum Gasteiger partial charge on any atom is 0.331 e. The van der Waals surface area contributed by atoms with Crippen LogP contribution < -0.4 is 0 Å². The Morgan fingerprint density at radius 3 is 2.68 bits per heavy atom. The Kier molecular flexibility index (Phi) is 2.32. The average Bonchev–Trinajstić information content (AvgIpc) is 2.94. The van der Waals surface area contributed by atoms with Crippen LogP contribution in [0.2, 0.25) is 0 Å². The molecule has 0 saturated carbocycles. The summed E-state index contributed by atoms with van der Waals surface area (Å²) in [5.41, 5.74) is 5.28. The van der Waals surface area contributed by atoms with E-state index < -0.39 is 0 Å². The molecule has 0 radical (unpaired) electrons. The van der Waals surface area contributed by atoms with Crippen LogP contribution in [0.15, 0.2) is 47.8 Å².